The van der Waals surface area contributed by atoms with Crippen LogP contribution in [0.25, 0.3) is 6.08 Å². The molecule has 0 atom stereocenters. The van der Waals surface area contributed by atoms with Crippen LogP contribution in [0.3, 0.4) is 0 Å². The van der Waals surface area contributed by atoms with Crippen molar-refractivity contribution in [3.8, 4) is 5.75 Å². The zero-order valence-corrected chi connectivity index (χ0v) is 14.8. The molecule has 1 aliphatic rings. The highest BCUT2D eigenvalue weighted by molar-refractivity contribution is 7.80. The van der Waals surface area contributed by atoms with Gasteiger partial charge in [-0.3, -0.25) is 25.0 Å². The molecule has 1 aliphatic heterocycles. The molecule has 1 fully saturated rings. The van der Waals surface area contributed by atoms with E-state index in [2.05, 4.69) is 16.0 Å². The summed E-state index contributed by atoms with van der Waals surface area (Å²) in [5.41, 5.74) is 1.18. The number of amides is 3. The lowest BCUT2D eigenvalue weighted by molar-refractivity contribution is -0.123. The smallest absolute Gasteiger partial charge is 0.263 e. The van der Waals surface area contributed by atoms with Gasteiger partial charge in [0.05, 0.1) is 0 Å². The molecular formula is C19H15N3O4S. The summed E-state index contributed by atoms with van der Waals surface area (Å²) in [6.45, 7) is -0.176. The third-order valence-corrected chi connectivity index (χ3v) is 3.74. The van der Waals surface area contributed by atoms with Crippen molar-refractivity contribution in [2.45, 2.75) is 0 Å². The first-order chi connectivity index (χ1) is 13.0. The molecule has 8 heteroatoms. The summed E-state index contributed by atoms with van der Waals surface area (Å²) in [6.07, 6.45) is 1.42. The van der Waals surface area contributed by atoms with E-state index < -0.39 is 11.8 Å². The second-order valence-electron chi connectivity index (χ2n) is 5.57. The van der Waals surface area contributed by atoms with Crippen molar-refractivity contribution in [2.24, 2.45) is 0 Å². The molecule has 0 saturated carbocycles. The second-order valence-corrected chi connectivity index (χ2v) is 5.98. The van der Waals surface area contributed by atoms with Crippen molar-refractivity contribution in [1.29, 1.82) is 0 Å². The number of thiocarbonyl (C=S) groups is 1. The van der Waals surface area contributed by atoms with Gasteiger partial charge in [-0.25, -0.2) is 0 Å². The van der Waals surface area contributed by atoms with E-state index in [0.29, 0.717) is 17.0 Å². The fourth-order valence-electron chi connectivity index (χ4n) is 2.33. The van der Waals surface area contributed by atoms with Crippen LogP contribution in [0, 0.1) is 0 Å². The Hall–Kier alpha value is -3.52. The summed E-state index contributed by atoms with van der Waals surface area (Å²) in [7, 11) is 0. The summed E-state index contributed by atoms with van der Waals surface area (Å²) < 4.78 is 5.48. The van der Waals surface area contributed by atoms with Crippen LogP contribution in [-0.4, -0.2) is 29.4 Å². The molecule has 1 saturated heterocycles. The molecule has 3 N–H and O–H groups in total. The maximum absolute atomic E-state index is 11.9. The van der Waals surface area contributed by atoms with Crippen LogP contribution in [-0.2, 0) is 14.4 Å². The van der Waals surface area contributed by atoms with Crippen LogP contribution >= 0.6 is 12.2 Å². The average Bonchev–Trinajstić information content (AvgIpc) is 2.64. The fourth-order valence-corrected chi connectivity index (χ4v) is 2.52. The Morgan fingerprint density at radius 3 is 2.44 bits per heavy atom. The van der Waals surface area contributed by atoms with Crippen molar-refractivity contribution < 1.29 is 19.1 Å². The topological polar surface area (TPSA) is 96.5 Å². The molecule has 2 aromatic rings. The van der Waals surface area contributed by atoms with Gasteiger partial charge in [-0.2, -0.15) is 0 Å². The number of nitrogens with one attached hydrogen (secondary N) is 3. The van der Waals surface area contributed by atoms with Crippen LogP contribution in [0.5, 0.6) is 5.75 Å². The Morgan fingerprint density at radius 2 is 1.74 bits per heavy atom. The zero-order chi connectivity index (χ0) is 19.2. The molecule has 0 radical (unpaired) electrons. The number of carbonyl (C=O) groups excluding carboxylic acids is 3. The number of benzene rings is 2. The molecule has 2 aromatic carbocycles. The molecule has 0 aliphatic carbocycles. The third-order valence-electron chi connectivity index (χ3n) is 3.54. The van der Waals surface area contributed by atoms with Gasteiger partial charge in [0.25, 0.3) is 17.7 Å². The van der Waals surface area contributed by atoms with E-state index >= 15 is 0 Å². The summed E-state index contributed by atoms with van der Waals surface area (Å²) in [5, 5.41) is 7.42. The molecule has 0 spiro atoms. The Labute approximate surface area is 160 Å². The van der Waals surface area contributed by atoms with Crippen molar-refractivity contribution in [1.82, 2.24) is 10.6 Å². The SMILES string of the molecule is O=C(COc1cccc(C=C2C(=O)NC(=S)NC2=O)c1)Nc1ccccc1. The Balaban J connectivity index is 1.64. The highest BCUT2D eigenvalue weighted by Gasteiger charge is 2.25. The van der Waals surface area contributed by atoms with Crippen LogP contribution in [0.1, 0.15) is 5.56 Å². The Morgan fingerprint density at radius 1 is 1.04 bits per heavy atom. The van der Waals surface area contributed by atoms with Gasteiger partial charge in [0.1, 0.15) is 11.3 Å². The van der Waals surface area contributed by atoms with Gasteiger partial charge < -0.3 is 10.1 Å². The first kappa shape index (κ1) is 18.3. The lowest BCUT2D eigenvalue weighted by atomic mass is 10.1. The van der Waals surface area contributed by atoms with E-state index in [9.17, 15) is 14.4 Å². The highest BCUT2D eigenvalue weighted by Crippen LogP contribution is 2.17. The lowest BCUT2D eigenvalue weighted by Gasteiger charge is -2.16. The zero-order valence-electron chi connectivity index (χ0n) is 14.0. The van der Waals surface area contributed by atoms with E-state index in [1.54, 1.807) is 36.4 Å². The van der Waals surface area contributed by atoms with Crippen molar-refractivity contribution in [3.63, 3.8) is 0 Å². The number of hydrogen-bond donors (Lipinski definition) is 3. The highest BCUT2D eigenvalue weighted by atomic mass is 32.1. The first-order valence-corrected chi connectivity index (χ1v) is 8.38. The van der Waals surface area contributed by atoms with Gasteiger partial charge in [-0.1, -0.05) is 30.3 Å². The minimum Gasteiger partial charge on any atom is -0.484 e. The van der Waals surface area contributed by atoms with Gasteiger partial charge in [0.2, 0.25) is 0 Å². The molecule has 3 amide bonds. The average molecular weight is 381 g/mol. The number of rotatable bonds is 5. The number of carbonyl (C=O) groups is 3. The molecule has 0 unspecified atom stereocenters. The quantitative estimate of drug-likeness (QED) is 0.416. The fraction of sp³-hybridized carbons (Fsp3) is 0.0526. The van der Waals surface area contributed by atoms with Crippen molar-refractivity contribution in [3.05, 3.63) is 65.7 Å². The molecule has 7 nitrogen and oxygen atoms in total. The van der Waals surface area contributed by atoms with Crippen molar-refractivity contribution in [2.75, 3.05) is 11.9 Å². The first-order valence-electron chi connectivity index (χ1n) is 7.97. The van der Waals surface area contributed by atoms with E-state index in [1.165, 1.54) is 6.08 Å². The predicted molar refractivity (Wildman–Crippen MR) is 104 cm³/mol. The maximum Gasteiger partial charge on any atom is 0.263 e. The Kier molecular flexibility index (Phi) is 5.58. The summed E-state index contributed by atoms with van der Waals surface area (Å²) >= 11 is 4.75. The van der Waals surface area contributed by atoms with Gasteiger partial charge in [-0.05, 0) is 48.1 Å². The van der Waals surface area contributed by atoms with Crippen LogP contribution < -0.4 is 20.7 Å². The standard InChI is InChI=1S/C19H15N3O4S/c23-16(20-13-6-2-1-3-7-13)11-26-14-8-4-5-12(9-14)10-15-17(24)21-19(27)22-18(15)25/h1-10H,11H2,(H,20,23)(H2,21,22,24,25,27). The Bertz CT molecular complexity index is 919. The maximum atomic E-state index is 11.9. The van der Waals surface area contributed by atoms with Gasteiger partial charge in [0.15, 0.2) is 11.7 Å². The number of hydrogen-bond acceptors (Lipinski definition) is 5. The van der Waals surface area contributed by atoms with Crippen LogP contribution in [0.4, 0.5) is 5.69 Å². The largest absolute Gasteiger partial charge is 0.484 e. The van der Waals surface area contributed by atoms with Crippen molar-refractivity contribution >= 4 is 46.8 Å². The normalized spacial score (nSPS) is 13.5. The lowest BCUT2D eigenvalue weighted by Crippen LogP contribution is -2.51. The minimum absolute atomic E-state index is 0.0244. The monoisotopic (exact) mass is 381 g/mol. The number of anilines is 1. The number of para-hydroxylation sites is 1. The second kappa shape index (κ2) is 8.24. The molecule has 3 rings (SSSR count). The van der Waals surface area contributed by atoms with E-state index in [0.717, 1.165) is 0 Å². The predicted octanol–water partition coefficient (Wildman–Crippen LogP) is 1.62. The molecule has 0 bridgehead atoms. The molecule has 27 heavy (non-hydrogen) atoms. The third kappa shape index (κ3) is 4.99. The van der Waals surface area contributed by atoms with E-state index in [1.807, 2.05) is 18.2 Å². The summed E-state index contributed by atoms with van der Waals surface area (Å²) in [4.78, 5) is 35.7. The summed E-state index contributed by atoms with van der Waals surface area (Å²) in [6, 6.07) is 15.7. The molecule has 136 valence electrons. The van der Waals surface area contributed by atoms with E-state index in [-0.39, 0.29) is 23.2 Å². The van der Waals surface area contributed by atoms with Gasteiger partial charge in [-0.15, -0.1) is 0 Å². The van der Waals surface area contributed by atoms with E-state index in [4.69, 9.17) is 17.0 Å². The molecule has 0 aromatic heterocycles. The molecule has 1 heterocycles. The van der Waals surface area contributed by atoms with Crippen LogP contribution in [0.15, 0.2) is 60.2 Å². The van der Waals surface area contributed by atoms with Crippen LogP contribution in [0.2, 0.25) is 0 Å². The van der Waals surface area contributed by atoms with Gasteiger partial charge >= 0.3 is 0 Å². The summed E-state index contributed by atoms with van der Waals surface area (Å²) in [5.74, 6) is -1.01. The molecular weight excluding hydrogens is 366 g/mol. The van der Waals surface area contributed by atoms with Gasteiger partial charge in [0, 0.05) is 5.69 Å². The number of ether oxygens (including phenoxy) is 1. The minimum atomic E-state index is -0.572.